The molecule has 8 heteroatoms. The first kappa shape index (κ1) is 22.6. The SMILES string of the molecule is COc1cc(C#N)ccc1C1C(C(N)=O)=C(C)Nc2c(C)cnc(OCCN3CCCC3)c21. The van der Waals surface area contributed by atoms with Gasteiger partial charge in [-0.1, -0.05) is 6.07 Å². The summed E-state index contributed by atoms with van der Waals surface area (Å²) >= 11 is 0. The number of nitrogens with two attached hydrogens (primary N) is 1. The van der Waals surface area contributed by atoms with Gasteiger partial charge in [0.05, 0.1) is 35.9 Å². The Balaban J connectivity index is 1.82. The number of methoxy groups -OCH3 is 1. The number of allylic oxidation sites excluding steroid dienone is 1. The molecule has 172 valence electrons. The molecule has 1 fully saturated rings. The van der Waals surface area contributed by atoms with Gasteiger partial charge in [0.1, 0.15) is 12.4 Å². The maximum atomic E-state index is 12.6. The largest absolute Gasteiger partial charge is 0.496 e. The average Bonchev–Trinajstić information content (AvgIpc) is 3.33. The summed E-state index contributed by atoms with van der Waals surface area (Å²) in [6.07, 6.45) is 4.20. The third kappa shape index (κ3) is 4.37. The fraction of sp³-hybridized carbons (Fsp3) is 0.400. The zero-order valence-electron chi connectivity index (χ0n) is 19.3. The quantitative estimate of drug-likeness (QED) is 0.670. The van der Waals surface area contributed by atoms with Crippen molar-refractivity contribution in [2.45, 2.75) is 32.6 Å². The molecule has 1 saturated heterocycles. The molecule has 1 aromatic carbocycles. The van der Waals surface area contributed by atoms with Crippen LogP contribution in [0.5, 0.6) is 11.6 Å². The van der Waals surface area contributed by atoms with Crippen molar-refractivity contribution in [1.82, 2.24) is 9.88 Å². The lowest BCUT2D eigenvalue weighted by Crippen LogP contribution is -2.29. The fourth-order valence-electron chi connectivity index (χ4n) is 4.71. The van der Waals surface area contributed by atoms with Gasteiger partial charge in [-0.2, -0.15) is 5.26 Å². The van der Waals surface area contributed by atoms with Gasteiger partial charge in [0, 0.05) is 29.6 Å². The minimum Gasteiger partial charge on any atom is -0.496 e. The summed E-state index contributed by atoms with van der Waals surface area (Å²) in [5.74, 6) is -0.116. The Labute approximate surface area is 194 Å². The second-order valence-corrected chi connectivity index (χ2v) is 8.46. The molecule has 0 saturated carbocycles. The number of nitrogens with one attached hydrogen (secondary N) is 1. The summed E-state index contributed by atoms with van der Waals surface area (Å²) in [5, 5.41) is 12.7. The normalized spacial score (nSPS) is 17.8. The number of carbonyl (C=O) groups is 1. The molecule has 1 unspecified atom stereocenters. The van der Waals surface area contributed by atoms with E-state index in [0.717, 1.165) is 42.0 Å². The number of ether oxygens (including phenoxy) is 2. The van der Waals surface area contributed by atoms with Crippen LogP contribution in [0.1, 0.15) is 47.9 Å². The molecular formula is C25H29N5O3. The van der Waals surface area contributed by atoms with Crippen molar-refractivity contribution >= 4 is 11.6 Å². The van der Waals surface area contributed by atoms with E-state index >= 15 is 0 Å². The van der Waals surface area contributed by atoms with Gasteiger partial charge < -0.3 is 20.5 Å². The maximum Gasteiger partial charge on any atom is 0.247 e. The molecule has 3 heterocycles. The Morgan fingerprint density at radius 3 is 2.76 bits per heavy atom. The Hall–Kier alpha value is -3.57. The van der Waals surface area contributed by atoms with Crippen LogP contribution >= 0.6 is 0 Å². The first-order valence-corrected chi connectivity index (χ1v) is 11.1. The number of nitrogens with zero attached hydrogens (tertiary/aromatic N) is 3. The smallest absolute Gasteiger partial charge is 0.247 e. The molecule has 8 nitrogen and oxygen atoms in total. The van der Waals surface area contributed by atoms with Crippen LogP contribution in [0.3, 0.4) is 0 Å². The number of amides is 1. The van der Waals surface area contributed by atoms with E-state index in [1.165, 1.54) is 12.8 Å². The minimum absolute atomic E-state index is 0.419. The lowest BCUT2D eigenvalue weighted by atomic mass is 9.79. The highest BCUT2D eigenvalue weighted by Crippen LogP contribution is 2.48. The number of nitriles is 1. The van der Waals surface area contributed by atoms with Gasteiger partial charge in [-0.25, -0.2) is 4.98 Å². The van der Waals surface area contributed by atoms with E-state index in [1.807, 2.05) is 19.9 Å². The van der Waals surface area contributed by atoms with E-state index in [0.29, 0.717) is 35.1 Å². The molecule has 4 rings (SSSR count). The van der Waals surface area contributed by atoms with E-state index in [2.05, 4.69) is 21.3 Å². The number of carbonyl (C=O) groups excluding carboxylic acids is 1. The standard InChI is InChI=1S/C25H29N5O3/c1-15-14-28-25(33-11-10-30-8-4-5-9-30)22-21(20(24(27)31)16(2)29-23(15)22)18-7-6-17(13-26)12-19(18)32-3/h6-7,12,14,21,29H,4-5,8-11H2,1-3H3,(H2,27,31). The molecular weight excluding hydrogens is 418 g/mol. The molecule has 2 aliphatic rings. The van der Waals surface area contributed by atoms with E-state index < -0.39 is 11.8 Å². The average molecular weight is 448 g/mol. The van der Waals surface area contributed by atoms with Crippen molar-refractivity contribution in [3.8, 4) is 17.7 Å². The Kier molecular flexibility index (Phi) is 6.52. The first-order valence-electron chi connectivity index (χ1n) is 11.1. The van der Waals surface area contributed by atoms with E-state index in [4.69, 9.17) is 15.2 Å². The predicted molar refractivity (Wildman–Crippen MR) is 125 cm³/mol. The van der Waals surface area contributed by atoms with Gasteiger partial charge >= 0.3 is 0 Å². The summed E-state index contributed by atoms with van der Waals surface area (Å²) in [6.45, 7) is 7.28. The minimum atomic E-state index is -0.546. The number of hydrogen-bond donors (Lipinski definition) is 2. The van der Waals surface area contributed by atoms with Crippen molar-refractivity contribution in [1.29, 1.82) is 5.26 Å². The van der Waals surface area contributed by atoms with Crippen molar-refractivity contribution in [2.24, 2.45) is 5.73 Å². The van der Waals surface area contributed by atoms with Crippen LogP contribution in [0, 0.1) is 18.3 Å². The molecule has 1 amide bonds. The fourth-order valence-corrected chi connectivity index (χ4v) is 4.71. The van der Waals surface area contributed by atoms with Crippen LogP contribution in [0.25, 0.3) is 0 Å². The highest BCUT2D eigenvalue weighted by molar-refractivity contribution is 5.98. The van der Waals surface area contributed by atoms with Gasteiger partial charge in [0.15, 0.2) is 0 Å². The third-order valence-electron chi connectivity index (χ3n) is 6.35. The van der Waals surface area contributed by atoms with Crippen molar-refractivity contribution < 1.29 is 14.3 Å². The lowest BCUT2D eigenvalue weighted by Gasteiger charge is -2.32. The van der Waals surface area contributed by atoms with E-state index in [1.54, 1.807) is 25.4 Å². The summed E-state index contributed by atoms with van der Waals surface area (Å²) in [7, 11) is 1.55. The number of hydrogen-bond acceptors (Lipinski definition) is 7. The number of pyridine rings is 1. The Morgan fingerprint density at radius 2 is 2.09 bits per heavy atom. The molecule has 0 spiro atoms. The van der Waals surface area contributed by atoms with Crippen molar-refractivity contribution in [3.05, 3.63) is 57.9 Å². The van der Waals surface area contributed by atoms with Gasteiger partial charge in [0.25, 0.3) is 0 Å². The van der Waals surface area contributed by atoms with Gasteiger partial charge in [0.2, 0.25) is 11.8 Å². The monoisotopic (exact) mass is 447 g/mol. The highest BCUT2D eigenvalue weighted by atomic mass is 16.5. The van der Waals surface area contributed by atoms with Crippen LogP contribution in [0.15, 0.2) is 35.7 Å². The zero-order chi connectivity index (χ0) is 23.5. The second-order valence-electron chi connectivity index (χ2n) is 8.46. The van der Waals surface area contributed by atoms with Gasteiger partial charge in [-0.3, -0.25) is 9.69 Å². The van der Waals surface area contributed by atoms with Crippen LogP contribution in [0.2, 0.25) is 0 Å². The lowest BCUT2D eigenvalue weighted by molar-refractivity contribution is -0.114. The molecule has 1 aromatic heterocycles. The van der Waals surface area contributed by atoms with E-state index in [9.17, 15) is 10.1 Å². The molecule has 33 heavy (non-hydrogen) atoms. The topological polar surface area (TPSA) is 113 Å². The summed E-state index contributed by atoms with van der Waals surface area (Å²) < 4.78 is 11.8. The molecule has 2 aromatic rings. The molecule has 0 radical (unpaired) electrons. The number of primary amides is 1. The number of aryl methyl sites for hydroxylation is 1. The van der Waals surface area contributed by atoms with Crippen LogP contribution in [-0.4, -0.2) is 49.1 Å². The van der Waals surface area contributed by atoms with Crippen molar-refractivity contribution in [3.63, 3.8) is 0 Å². The molecule has 2 aliphatic heterocycles. The Bertz CT molecular complexity index is 1150. The van der Waals surface area contributed by atoms with Crippen molar-refractivity contribution in [2.75, 3.05) is 38.7 Å². The van der Waals surface area contributed by atoms with Gasteiger partial charge in [-0.05, 0) is 57.5 Å². The molecule has 1 atom stereocenters. The van der Waals surface area contributed by atoms with Crippen LogP contribution < -0.4 is 20.5 Å². The summed E-state index contributed by atoms with van der Waals surface area (Å²) in [6, 6.07) is 7.32. The third-order valence-corrected chi connectivity index (χ3v) is 6.35. The van der Waals surface area contributed by atoms with Crippen LogP contribution in [0.4, 0.5) is 5.69 Å². The van der Waals surface area contributed by atoms with Crippen LogP contribution in [-0.2, 0) is 4.79 Å². The second kappa shape index (κ2) is 9.51. The number of aromatic nitrogens is 1. The summed E-state index contributed by atoms with van der Waals surface area (Å²) in [5.41, 5.74) is 10.7. The maximum absolute atomic E-state index is 12.6. The van der Waals surface area contributed by atoms with E-state index in [-0.39, 0.29) is 0 Å². The number of likely N-dealkylation sites (tertiary alicyclic amines) is 1. The number of rotatable bonds is 7. The predicted octanol–water partition coefficient (Wildman–Crippen LogP) is 3.06. The highest BCUT2D eigenvalue weighted by Gasteiger charge is 2.37. The Morgan fingerprint density at radius 1 is 1.33 bits per heavy atom. The zero-order valence-corrected chi connectivity index (χ0v) is 19.3. The number of fused-ring (bicyclic) bond motifs is 1. The molecule has 0 aliphatic carbocycles. The molecule has 0 bridgehead atoms. The number of benzene rings is 1. The summed E-state index contributed by atoms with van der Waals surface area (Å²) in [4.78, 5) is 19.6. The number of anilines is 1. The first-order chi connectivity index (χ1) is 15.9. The molecule has 3 N–H and O–H groups in total. The van der Waals surface area contributed by atoms with Gasteiger partial charge in [-0.15, -0.1) is 0 Å².